The Morgan fingerprint density at radius 3 is 2.67 bits per heavy atom. The van der Waals surface area contributed by atoms with Crippen LogP contribution >= 0.6 is 11.6 Å². The first-order valence-electron chi connectivity index (χ1n) is 3.95. The third-order valence-corrected chi connectivity index (χ3v) is 2.17. The Morgan fingerprint density at radius 1 is 1.40 bits per heavy atom. The molecule has 0 aromatic carbocycles. The van der Waals surface area contributed by atoms with E-state index in [2.05, 4.69) is 10.1 Å². The minimum absolute atomic E-state index is 0.0469. The van der Waals surface area contributed by atoms with Gasteiger partial charge in [0.25, 0.3) is 0 Å². The van der Waals surface area contributed by atoms with Crippen molar-refractivity contribution in [3.05, 3.63) is 23.0 Å². The maximum absolute atomic E-state index is 12.6. The molecule has 0 aliphatic rings. The number of hydrogen-bond donors (Lipinski definition) is 0. The van der Waals surface area contributed by atoms with E-state index in [0.29, 0.717) is 0 Å². The molecule has 2 aromatic rings. The normalized spacial score (nSPS) is 12.3. The van der Waals surface area contributed by atoms with Gasteiger partial charge in [-0.25, -0.2) is 4.98 Å². The molecule has 0 spiro atoms. The SMILES string of the molecule is Cn1ncc2c(C(F)(F)F)cc(Cl)nc21. The van der Waals surface area contributed by atoms with Gasteiger partial charge in [0.2, 0.25) is 0 Å². The van der Waals surface area contributed by atoms with Gasteiger partial charge in [0, 0.05) is 7.05 Å². The van der Waals surface area contributed by atoms with E-state index in [0.717, 1.165) is 12.3 Å². The topological polar surface area (TPSA) is 30.7 Å². The number of halogens is 4. The van der Waals surface area contributed by atoms with Crippen molar-refractivity contribution >= 4 is 22.6 Å². The van der Waals surface area contributed by atoms with E-state index < -0.39 is 11.7 Å². The van der Waals surface area contributed by atoms with Crippen molar-refractivity contribution < 1.29 is 13.2 Å². The zero-order valence-electron chi connectivity index (χ0n) is 7.51. The average molecular weight is 236 g/mol. The molecule has 0 unspecified atom stereocenters. The van der Waals surface area contributed by atoms with E-state index in [1.54, 1.807) is 0 Å². The van der Waals surface area contributed by atoms with Crippen LogP contribution in [0.3, 0.4) is 0 Å². The van der Waals surface area contributed by atoms with Gasteiger partial charge in [-0.05, 0) is 6.07 Å². The summed E-state index contributed by atoms with van der Waals surface area (Å²) >= 11 is 5.51. The predicted octanol–water partition coefficient (Wildman–Crippen LogP) is 2.64. The Bertz CT molecular complexity index is 518. The highest BCUT2D eigenvalue weighted by Gasteiger charge is 2.34. The van der Waals surface area contributed by atoms with Crippen LogP contribution in [0.15, 0.2) is 12.3 Å². The zero-order valence-corrected chi connectivity index (χ0v) is 8.26. The van der Waals surface area contributed by atoms with E-state index >= 15 is 0 Å². The quantitative estimate of drug-likeness (QED) is 0.657. The maximum Gasteiger partial charge on any atom is 0.417 e. The lowest BCUT2D eigenvalue weighted by atomic mass is 10.2. The number of aryl methyl sites for hydroxylation is 1. The summed E-state index contributed by atoms with van der Waals surface area (Å²) in [5.74, 6) is 0. The minimum atomic E-state index is -4.45. The van der Waals surface area contributed by atoms with Gasteiger partial charge in [0.1, 0.15) is 5.15 Å². The molecular weight excluding hydrogens is 231 g/mol. The van der Waals surface area contributed by atoms with Gasteiger partial charge in [-0.2, -0.15) is 18.3 Å². The third-order valence-electron chi connectivity index (χ3n) is 1.98. The lowest BCUT2D eigenvalue weighted by Crippen LogP contribution is -2.06. The number of pyridine rings is 1. The van der Waals surface area contributed by atoms with Crippen molar-refractivity contribution in [2.45, 2.75) is 6.18 Å². The molecule has 0 amide bonds. The summed E-state index contributed by atoms with van der Waals surface area (Å²) in [6.07, 6.45) is -3.32. The second kappa shape index (κ2) is 3.10. The van der Waals surface area contributed by atoms with Gasteiger partial charge in [0.15, 0.2) is 5.65 Å². The van der Waals surface area contributed by atoms with Gasteiger partial charge in [0.05, 0.1) is 17.1 Å². The van der Waals surface area contributed by atoms with Gasteiger partial charge < -0.3 is 0 Å². The standard InChI is InChI=1S/C8H5ClF3N3/c1-15-7-4(3-13-15)5(8(10,11)12)2-6(9)14-7/h2-3H,1H3. The van der Waals surface area contributed by atoms with Crippen LogP contribution in [0.25, 0.3) is 11.0 Å². The summed E-state index contributed by atoms with van der Waals surface area (Å²) in [5.41, 5.74) is -0.694. The summed E-state index contributed by atoms with van der Waals surface area (Å²) in [6.45, 7) is 0. The van der Waals surface area contributed by atoms with Crippen LogP contribution in [0.1, 0.15) is 5.56 Å². The molecule has 2 heterocycles. The number of hydrogen-bond acceptors (Lipinski definition) is 2. The predicted molar refractivity (Wildman–Crippen MR) is 48.5 cm³/mol. The van der Waals surface area contributed by atoms with Crippen LogP contribution in [0.4, 0.5) is 13.2 Å². The first-order valence-corrected chi connectivity index (χ1v) is 4.33. The molecule has 0 N–H and O–H groups in total. The third kappa shape index (κ3) is 1.65. The number of alkyl halides is 3. The highest BCUT2D eigenvalue weighted by atomic mass is 35.5. The molecule has 80 valence electrons. The van der Waals surface area contributed by atoms with E-state index in [1.807, 2.05) is 0 Å². The van der Waals surface area contributed by atoms with Crippen molar-refractivity contribution in [2.24, 2.45) is 7.05 Å². The van der Waals surface area contributed by atoms with E-state index in [1.165, 1.54) is 11.7 Å². The molecule has 7 heteroatoms. The molecule has 0 atom stereocenters. The molecule has 2 aromatic heterocycles. The fourth-order valence-electron chi connectivity index (χ4n) is 1.32. The largest absolute Gasteiger partial charge is 0.417 e. The fourth-order valence-corrected chi connectivity index (χ4v) is 1.51. The molecule has 0 bridgehead atoms. The molecule has 0 aliphatic carbocycles. The first-order chi connectivity index (χ1) is 6.89. The van der Waals surface area contributed by atoms with Gasteiger partial charge in [-0.1, -0.05) is 11.6 Å². The lowest BCUT2D eigenvalue weighted by Gasteiger charge is -2.07. The minimum Gasteiger partial charge on any atom is -0.250 e. The highest BCUT2D eigenvalue weighted by Crippen LogP contribution is 2.35. The fraction of sp³-hybridized carbons (Fsp3) is 0.250. The molecule has 0 aliphatic heterocycles. The van der Waals surface area contributed by atoms with Crippen molar-refractivity contribution in [1.29, 1.82) is 0 Å². The Morgan fingerprint density at radius 2 is 2.07 bits per heavy atom. The van der Waals surface area contributed by atoms with Crippen LogP contribution in [-0.2, 0) is 13.2 Å². The Kier molecular flexibility index (Phi) is 2.11. The van der Waals surface area contributed by atoms with E-state index in [4.69, 9.17) is 11.6 Å². The van der Waals surface area contributed by atoms with E-state index in [9.17, 15) is 13.2 Å². The summed E-state index contributed by atoms with van der Waals surface area (Å²) in [6, 6.07) is 0.797. The second-order valence-corrected chi connectivity index (χ2v) is 3.38. The molecule has 15 heavy (non-hydrogen) atoms. The van der Waals surface area contributed by atoms with Crippen LogP contribution in [0.5, 0.6) is 0 Å². The van der Waals surface area contributed by atoms with Crippen molar-refractivity contribution in [3.8, 4) is 0 Å². The number of rotatable bonds is 0. The van der Waals surface area contributed by atoms with Crippen LogP contribution in [0, 0.1) is 0 Å². The first kappa shape index (κ1) is 10.2. The van der Waals surface area contributed by atoms with Gasteiger partial charge in [-0.15, -0.1) is 0 Å². The molecule has 0 radical (unpaired) electrons. The summed E-state index contributed by atoms with van der Waals surface area (Å²) in [5, 5.41) is 3.46. The molecule has 3 nitrogen and oxygen atoms in total. The smallest absolute Gasteiger partial charge is 0.250 e. The van der Waals surface area contributed by atoms with Gasteiger partial charge >= 0.3 is 6.18 Å². The zero-order chi connectivity index (χ0) is 11.2. The lowest BCUT2D eigenvalue weighted by molar-refractivity contribution is -0.136. The van der Waals surface area contributed by atoms with Crippen LogP contribution in [0.2, 0.25) is 5.15 Å². The summed E-state index contributed by atoms with van der Waals surface area (Å²) < 4.78 is 39.0. The number of nitrogens with zero attached hydrogens (tertiary/aromatic N) is 3. The highest BCUT2D eigenvalue weighted by molar-refractivity contribution is 6.29. The number of fused-ring (bicyclic) bond motifs is 1. The van der Waals surface area contributed by atoms with Crippen molar-refractivity contribution in [3.63, 3.8) is 0 Å². The molecular formula is C8H5ClF3N3. The molecule has 0 saturated carbocycles. The molecule has 2 rings (SSSR count). The van der Waals surface area contributed by atoms with Crippen LogP contribution in [-0.4, -0.2) is 14.8 Å². The second-order valence-electron chi connectivity index (χ2n) is 3.00. The molecule has 0 saturated heterocycles. The maximum atomic E-state index is 12.6. The number of aromatic nitrogens is 3. The Labute approximate surface area is 87.5 Å². The Balaban J connectivity index is 2.84. The van der Waals surface area contributed by atoms with Crippen molar-refractivity contribution in [2.75, 3.05) is 0 Å². The summed E-state index contributed by atoms with van der Waals surface area (Å²) in [4.78, 5) is 3.78. The van der Waals surface area contributed by atoms with Gasteiger partial charge in [-0.3, -0.25) is 4.68 Å². The van der Waals surface area contributed by atoms with Crippen LogP contribution < -0.4 is 0 Å². The molecule has 0 fully saturated rings. The Hall–Kier alpha value is -1.30. The summed E-state index contributed by atoms with van der Waals surface area (Å²) in [7, 11) is 1.51. The monoisotopic (exact) mass is 235 g/mol. The van der Waals surface area contributed by atoms with E-state index in [-0.39, 0.29) is 16.2 Å². The van der Waals surface area contributed by atoms with Crippen molar-refractivity contribution in [1.82, 2.24) is 14.8 Å². The average Bonchev–Trinajstić information content (AvgIpc) is 2.45.